The first-order valence-corrected chi connectivity index (χ1v) is 6.03. The number of halogens is 2. The average Bonchev–Trinajstić information content (AvgIpc) is 2.35. The minimum atomic E-state index is -2.80. The van der Waals surface area contributed by atoms with Gasteiger partial charge in [-0.15, -0.1) is 0 Å². The summed E-state index contributed by atoms with van der Waals surface area (Å²) in [4.78, 5) is 10.6. The van der Waals surface area contributed by atoms with Crippen LogP contribution in [0.25, 0.3) is 0 Å². The lowest BCUT2D eigenvalue weighted by molar-refractivity contribution is -0.117. The predicted octanol–water partition coefficient (Wildman–Crippen LogP) is 1.68. The van der Waals surface area contributed by atoms with E-state index in [9.17, 15) is 13.6 Å². The predicted molar refractivity (Wildman–Crippen MR) is 68.1 cm³/mol. The molecule has 0 aromatic heterocycles. The molecule has 0 saturated carbocycles. The molecule has 0 fully saturated rings. The van der Waals surface area contributed by atoms with Gasteiger partial charge in [0.25, 0.3) is 0 Å². The smallest absolute Gasteiger partial charge is 0.387 e. The number of hydrogen-bond donors (Lipinski definition) is 2. The van der Waals surface area contributed by atoms with E-state index >= 15 is 0 Å². The van der Waals surface area contributed by atoms with Gasteiger partial charge in [0, 0.05) is 6.04 Å². The normalized spacial score (nSPS) is 12.4. The number of hydrogen-bond acceptors (Lipinski definition) is 3. The Bertz CT molecular complexity index is 396. The van der Waals surface area contributed by atoms with Gasteiger partial charge in [-0.1, -0.05) is 12.1 Å². The van der Waals surface area contributed by atoms with E-state index in [4.69, 9.17) is 5.73 Å². The molecule has 1 aromatic carbocycles. The van der Waals surface area contributed by atoms with Gasteiger partial charge in [-0.2, -0.15) is 8.78 Å². The number of benzene rings is 1. The zero-order valence-electron chi connectivity index (χ0n) is 10.7. The molecule has 0 aliphatic rings. The van der Waals surface area contributed by atoms with Crippen LogP contribution in [0.3, 0.4) is 0 Å². The van der Waals surface area contributed by atoms with Crippen LogP contribution in [0.2, 0.25) is 0 Å². The highest BCUT2D eigenvalue weighted by Gasteiger charge is 2.05. The highest BCUT2D eigenvalue weighted by Crippen LogP contribution is 2.16. The molecule has 1 amide bonds. The molecular weight excluding hydrogens is 254 g/mol. The largest absolute Gasteiger partial charge is 0.435 e. The van der Waals surface area contributed by atoms with Crippen LogP contribution in [0, 0.1) is 0 Å². The summed E-state index contributed by atoms with van der Waals surface area (Å²) in [5.41, 5.74) is 6.05. The van der Waals surface area contributed by atoms with E-state index in [0.29, 0.717) is 0 Å². The van der Waals surface area contributed by atoms with Crippen molar-refractivity contribution in [1.82, 2.24) is 5.32 Å². The Balaban J connectivity index is 2.35. The maximum atomic E-state index is 12.0. The van der Waals surface area contributed by atoms with Crippen LogP contribution in [-0.4, -0.2) is 25.1 Å². The monoisotopic (exact) mass is 272 g/mol. The van der Waals surface area contributed by atoms with E-state index in [-0.39, 0.29) is 24.2 Å². The van der Waals surface area contributed by atoms with E-state index in [0.717, 1.165) is 18.4 Å². The summed E-state index contributed by atoms with van der Waals surface area (Å²) in [5, 5.41) is 2.99. The second kappa shape index (κ2) is 7.68. The van der Waals surface area contributed by atoms with E-state index in [1.165, 1.54) is 12.1 Å². The van der Waals surface area contributed by atoms with Crippen molar-refractivity contribution >= 4 is 5.91 Å². The molecule has 0 radical (unpaired) electrons. The quantitative estimate of drug-likeness (QED) is 0.757. The third-order valence-corrected chi connectivity index (χ3v) is 2.64. The minimum absolute atomic E-state index is 0.152. The van der Waals surface area contributed by atoms with Gasteiger partial charge < -0.3 is 15.8 Å². The number of primary amides is 1. The Morgan fingerprint density at radius 2 is 2.00 bits per heavy atom. The lowest BCUT2D eigenvalue weighted by atomic mass is 10.1. The fourth-order valence-electron chi connectivity index (χ4n) is 1.60. The first-order valence-electron chi connectivity index (χ1n) is 6.03. The van der Waals surface area contributed by atoms with Gasteiger partial charge >= 0.3 is 6.61 Å². The lowest BCUT2D eigenvalue weighted by Crippen LogP contribution is -2.35. The second-order valence-electron chi connectivity index (χ2n) is 4.31. The Labute approximate surface area is 110 Å². The molecule has 19 heavy (non-hydrogen) atoms. The molecule has 1 unspecified atom stereocenters. The number of rotatable bonds is 8. The Morgan fingerprint density at radius 3 is 2.53 bits per heavy atom. The molecule has 106 valence electrons. The molecular formula is C13H18F2N2O2. The summed E-state index contributed by atoms with van der Waals surface area (Å²) in [5.74, 6) is -0.237. The van der Waals surface area contributed by atoms with Gasteiger partial charge in [-0.3, -0.25) is 4.79 Å². The van der Waals surface area contributed by atoms with Crippen LogP contribution in [0.1, 0.15) is 18.9 Å². The summed E-state index contributed by atoms with van der Waals surface area (Å²) in [6, 6.07) is 6.69. The second-order valence-corrected chi connectivity index (χ2v) is 4.31. The van der Waals surface area contributed by atoms with Gasteiger partial charge in [0.1, 0.15) is 5.75 Å². The van der Waals surface area contributed by atoms with Crippen molar-refractivity contribution in [2.75, 3.05) is 6.54 Å². The van der Waals surface area contributed by atoms with Crippen LogP contribution < -0.4 is 15.8 Å². The molecule has 1 aromatic rings. The SMILES string of the molecule is CC(CCc1ccc(OC(F)F)cc1)NCC(N)=O. The number of ether oxygens (including phenoxy) is 1. The summed E-state index contributed by atoms with van der Waals surface area (Å²) in [6.45, 7) is -0.691. The third kappa shape index (κ3) is 6.71. The minimum Gasteiger partial charge on any atom is -0.435 e. The van der Waals surface area contributed by atoms with Crippen molar-refractivity contribution in [3.63, 3.8) is 0 Å². The molecule has 0 saturated heterocycles. The molecule has 0 spiro atoms. The molecule has 0 aliphatic heterocycles. The Kier molecular flexibility index (Phi) is 6.21. The van der Waals surface area contributed by atoms with Crippen molar-refractivity contribution in [1.29, 1.82) is 0 Å². The van der Waals surface area contributed by atoms with Crippen LogP contribution in [0.5, 0.6) is 5.75 Å². The molecule has 1 rings (SSSR count). The number of amides is 1. The standard InChI is InChI=1S/C13H18F2N2O2/c1-9(17-8-12(16)18)2-3-10-4-6-11(7-5-10)19-13(14)15/h4-7,9,13,17H,2-3,8H2,1H3,(H2,16,18). The summed E-state index contributed by atoms with van der Waals surface area (Å²) in [6.07, 6.45) is 1.60. The highest BCUT2D eigenvalue weighted by atomic mass is 19.3. The van der Waals surface area contributed by atoms with Gasteiger partial charge in [0.05, 0.1) is 6.54 Å². The van der Waals surface area contributed by atoms with Crippen LogP contribution >= 0.6 is 0 Å². The zero-order chi connectivity index (χ0) is 14.3. The van der Waals surface area contributed by atoms with Gasteiger partial charge in [0.15, 0.2) is 0 Å². The number of carbonyl (C=O) groups excluding carboxylic acids is 1. The van der Waals surface area contributed by atoms with E-state index in [1.54, 1.807) is 12.1 Å². The topological polar surface area (TPSA) is 64.3 Å². The molecule has 6 heteroatoms. The first-order chi connectivity index (χ1) is 8.97. The molecule has 3 N–H and O–H groups in total. The lowest BCUT2D eigenvalue weighted by Gasteiger charge is -2.12. The number of nitrogens with one attached hydrogen (secondary N) is 1. The van der Waals surface area contributed by atoms with Crippen molar-refractivity contribution in [3.8, 4) is 5.75 Å². The molecule has 0 bridgehead atoms. The number of aryl methyl sites for hydroxylation is 1. The van der Waals surface area contributed by atoms with Crippen LogP contribution in [0.4, 0.5) is 8.78 Å². The third-order valence-electron chi connectivity index (χ3n) is 2.64. The summed E-state index contributed by atoms with van der Waals surface area (Å²) < 4.78 is 28.2. The molecule has 1 atom stereocenters. The number of carbonyl (C=O) groups is 1. The summed E-state index contributed by atoms with van der Waals surface area (Å²) >= 11 is 0. The van der Waals surface area contributed by atoms with Crippen molar-refractivity contribution in [3.05, 3.63) is 29.8 Å². The molecule has 0 heterocycles. The number of nitrogens with two attached hydrogens (primary N) is 1. The molecule has 4 nitrogen and oxygen atoms in total. The van der Waals surface area contributed by atoms with Crippen molar-refractivity contribution in [2.45, 2.75) is 32.4 Å². The number of alkyl halides is 2. The highest BCUT2D eigenvalue weighted by molar-refractivity contribution is 5.75. The van der Waals surface area contributed by atoms with Gasteiger partial charge in [0.2, 0.25) is 5.91 Å². The average molecular weight is 272 g/mol. The maximum absolute atomic E-state index is 12.0. The van der Waals surface area contributed by atoms with Gasteiger partial charge in [-0.05, 0) is 37.5 Å². The van der Waals surface area contributed by atoms with Crippen LogP contribution in [-0.2, 0) is 11.2 Å². The maximum Gasteiger partial charge on any atom is 0.387 e. The first kappa shape index (κ1) is 15.4. The van der Waals surface area contributed by atoms with Crippen LogP contribution in [0.15, 0.2) is 24.3 Å². The molecule has 0 aliphatic carbocycles. The van der Waals surface area contributed by atoms with Crippen molar-refractivity contribution < 1.29 is 18.3 Å². The van der Waals surface area contributed by atoms with E-state index in [2.05, 4.69) is 10.1 Å². The fourth-order valence-corrected chi connectivity index (χ4v) is 1.60. The zero-order valence-corrected chi connectivity index (χ0v) is 10.7. The summed E-state index contributed by atoms with van der Waals surface area (Å²) in [7, 11) is 0. The van der Waals surface area contributed by atoms with E-state index < -0.39 is 6.61 Å². The fraction of sp³-hybridized carbons (Fsp3) is 0.462. The van der Waals surface area contributed by atoms with Gasteiger partial charge in [-0.25, -0.2) is 0 Å². The van der Waals surface area contributed by atoms with Crippen molar-refractivity contribution in [2.24, 2.45) is 5.73 Å². The van der Waals surface area contributed by atoms with E-state index in [1.807, 2.05) is 6.92 Å². The Morgan fingerprint density at radius 1 is 1.37 bits per heavy atom. The Hall–Kier alpha value is -1.69.